The molecule has 0 aliphatic heterocycles. The fourth-order valence-electron chi connectivity index (χ4n) is 6.23. The second-order valence-corrected chi connectivity index (χ2v) is 18.3. The number of quaternary nitrogens is 1. The van der Waals surface area contributed by atoms with Crippen LogP contribution in [0.2, 0.25) is 0 Å². The minimum Gasteiger partial charge on any atom is -0.756 e. The number of allylic oxidation sites excluding steroid dienone is 7. The number of carbonyl (C=O) groups is 2. The van der Waals surface area contributed by atoms with Crippen LogP contribution in [-0.4, -0.2) is 81.2 Å². The minimum absolute atomic E-state index is 0.0579. The molecule has 0 saturated carbocycles. The monoisotopic (exact) mass is 864 g/mol. The molecule has 0 saturated heterocycles. The number of esters is 2. The van der Waals surface area contributed by atoms with E-state index in [1.165, 1.54) is 24.0 Å². The predicted molar refractivity (Wildman–Crippen MR) is 240 cm³/mol. The molecule has 1 aromatic heterocycles. The molecule has 344 valence electrons. The van der Waals surface area contributed by atoms with Crippen molar-refractivity contribution in [1.82, 2.24) is 0 Å². The summed E-state index contributed by atoms with van der Waals surface area (Å²) in [6.45, 7) is 8.25. The number of unbranched alkanes of at least 4 members (excludes halogenated alkanes) is 10. The number of aliphatic hydroxyl groups excluding tert-OH is 1. The van der Waals surface area contributed by atoms with Gasteiger partial charge in [0.15, 0.2) is 6.10 Å². The summed E-state index contributed by atoms with van der Waals surface area (Å²) < 4.78 is 40.1. The van der Waals surface area contributed by atoms with Gasteiger partial charge in [0, 0.05) is 25.7 Å². The molecule has 0 fully saturated rings. The number of furan rings is 1. The summed E-state index contributed by atoms with van der Waals surface area (Å²) in [4.78, 5) is 37.7. The lowest BCUT2D eigenvalue weighted by Gasteiger charge is -2.28. The van der Waals surface area contributed by atoms with Gasteiger partial charge in [0.1, 0.15) is 31.3 Å². The number of phosphoric acid groups is 1. The molecule has 1 heterocycles. The molecular weight excluding hydrogens is 781 g/mol. The topological polar surface area (TPSA) is 145 Å². The summed E-state index contributed by atoms with van der Waals surface area (Å²) in [7, 11) is 1.07. The van der Waals surface area contributed by atoms with Gasteiger partial charge in [0.25, 0.3) is 7.82 Å². The van der Waals surface area contributed by atoms with E-state index in [0.29, 0.717) is 30.3 Å². The number of rotatable bonds is 37. The average Bonchev–Trinajstić information content (AvgIpc) is 3.46. The van der Waals surface area contributed by atoms with Gasteiger partial charge in [-0.3, -0.25) is 14.2 Å². The summed E-state index contributed by atoms with van der Waals surface area (Å²) in [6.07, 6.45) is 33.1. The Morgan fingerprint density at radius 2 is 1.32 bits per heavy atom. The first-order valence-corrected chi connectivity index (χ1v) is 24.3. The molecule has 1 unspecified atom stereocenters. The van der Waals surface area contributed by atoms with E-state index in [2.05, 4.69) is 39.8 Å². The molecule has 1 rings (SSSR count). The van der Waals surface area contributed by atoms with Crippen molar-refractivity contribution in [2.24, 2.45) is 0 Å². The van der Waals surface area contributed by atoms with E-state index in [-0.39, 0.29) is 32.2 Å². The van der Waals surface area contributed by atoms with Crippen molar-refractivity contribution in [3.05, 3.63) is 71.3 Å². The Labute approximate surface area is 363 Å². The lowest BCUT2D eigenvalue weighted by atomic mass is 10.0. The van der Waals surface area contributed by atoms with Crippen molar-refractivity contribution in [1.29, 1.82) is 0 Å². The summed E-state index contributed by atoms with van der Waals surface area (Å²) in [6, 6.07) is 0. The van der Waals surface area contributed by atoms with E-state index < -0.39 is 32.5 Å². The summed E-state index contributed by atoms with van der Waals surface area (Å²) >= 11 is 0. The third-order valence-electron chi connectivity index (χ3n) is 10.2. The van der Waals surface area contributed by atoms with Gasteiger partial charge in [-0.25, -0.2) is 0 Å². The summed E-state index contributed by atoms with van der Waals surface area (Å²) in [5.74, 6) is 1.29. The van der Waals surface area contributed by atoms with Gasteiger partial charge in [0.2, 0.25) is 0 Å². The van der Waals surface area contributed by atoms with Crippen LogP contribution in [0.3, 0.4) is 0 Å². The van der Waals surface area contributed by atoms with Crippen LogP contribution < -0.4 is 4.89 Å². The van der Waals surface area contributed by atoms with E-state index in [1.807, 2.05) is 57.6 Å². The molecule has 0 amide bonds. The number of aliphatic hydroxyl groups is 1. The number of phosphoric ester groups is 1. The maximum absolute atomic E-state index is 12.8. The lowest BCUT2D eigenvalue weighted by Crippen LogP contribution is -2.37. The van der Waals surface area contributed by atoms with Crippen LogP contribution in [0.5, 0.6) is 0 Å². The molecule has 11 nitrogen and oxygen atoms in total. The van der Waals surface area contributed by atoms with Crippen LogP contribution in [0.15, 0.2) is 53.0 Å². The van der Waals surface area contributed by atoms with E-state index in [4.69, 9.17) is 22.9 Å². The van der Waals surface area contributed by atoms with Crippen molar-refractivity contribution in [3.63, 3.8) is 0 Å². The Morgan fingerprint density at radius 3 is 1.98 bits per heavy atom. The number of hydrogen-bond donors (Lipinski definition) is 1. The first-order chi connectivity index (χ1) is 28.7. The fraction of sp³-hybridized carbons (Fsp3) is 0.708. The Bertz CT molecular complexity index is 1460. The van der Waals surface area contributed by atoms with Gasteiger partial charge in [-0.05, 0) is 76.3 Å². The molecular formula is C48H82NO10P. The number of hydrogen-bond acceptors (Lipinski definition) is 10. The lowest BCUT2D eigenvalue weighted by molar-refractivity contribution is -0.870. The summed E-state index contributed by atoms with van der Waals surface area (Å²) in [5, 5.41) is 9.91. The van der Waals surface area contributed by atoms with Crippen LogP contribution in [0.1, 0.15) is 158 Å². The molecule has 0 radical (unpaired) electrons. The zero-order chi connectivity index (χ0) is 44.5. The standard InChI is InChI=1S/C48H82NO10P/c1-8-10-25-31-43(50)32-27-21-17-15-13-12-14-16-18-23-29-35-47(51)55-39-44(40-57-60(53,54)56-38-37-49(5,6)7)58-48(52)36-30-24-20-19-22-28-34-46-42(4)41(3)45(59-46)33-26-11-9-2/h12-13,16-18,21,27,32,43-44,50H,8-11,14-15,19-20,22-26,28-31,33-40H2,1-7H3/b13-12-,18-16-,21-17-,32-27+/t43-,44-/m1/s1. The maximum atomic E-state index is 12.8. The average molecular weight is 864 g/mol. The van der Waals surface area contributed by atoms with Crippen LogP contribution >= 0.6 is 7.82 Å². The Balaban J connectivity index is 2.44. The van der Waals surface area contributed by atoms with Gasteiger partial charge >= 0.3 is 11.9 Å². The van der Waals surface area contributed by atoms with Crippen molar-refractivity contribution < 1.29 is 51.6 Å². The quantitative estimate of drug-likeness (QED) is 0.0171. The third kappa shape index (κ3) is 30.3. The highest BCUT2D eigenvalue weighted by atomic mass is 31.2. The second-order valence-electron chi connectivity index (χ2n) is 16.8. The largest absolute Gasteiger partial charge is 0.756 e. The smallest absolute Gasteiger partial charge is 0.306 e. The Hall–Kier alpha value is -2.79. The molecule has 60 heavy (non-hydrogen) atoms. The number of aryl methyl sites for hydroxylation is 2. The first-order valence-electron chi connectivity index (χ1n) is 22.8. The van der Waals surface area contributed by atoms with Gasteiger partial charge < -0.3 is 37.4 Å². The van der Waals surface area contributed by atoms with E-state index >= 15 is 0 Å². The number of likely N-dealkylation sites (N-methyl/N-ethyl adjacent to an activating group) is 1. The molecule has 0 spiro atoms. The molecule has 3 atom stereocenters. The second kappa shape index (κ2) is 33.8. The van der Waals surface area contributed by atoms with E-state index in [9.17, 15) is 24.2 Å². The highest BCUT2D eigenvalue weighted by Gasteiger charge is 2.22. The minimum atomic E-state index is -4.67. The predicted octanol–water partition coefficient (Wildman–Crippen LogP) is 10.7. The summed E-state index contributed by atoms with van der Waals surface area (Å²) in [5.41, 5.74) is 2.58. The molecule has 1 N–H and O–H groups in total. The highest BCUT2D eigenvalue weighted by molar-refractivity contribution is 7.45. The molecule has 0 aliphatic carbocycles. The Morgan fingerprint density at radius 1 is 0.733 bits per heavy atom. The Kier molecular flexibility index (Phi) is 31.1. The van der Waals surface area contributed by atoms with Gasteiger partial charge in [-0.15, -0.1) is 0 Å². The van der Waals surface area contributed by atoms with Crippen LogP contribution in [0.25, 0.3) is 0 Å². The van der Waals surface area contributed by atoms with Gasteiger partial charge in [-0.2, -0.15) is 0 Å². The molecule has 0 aliphatic rings. The zero-order valence-corrected chi connectivity index (χ0v) is 39.4. The normalized spacial score (nSPS) is 14.5. The number of nitrogens with zero attached hydrogens (tertiary/aromatic N) is 1. The molecule has 0 aromatic carbocycles. The van der Waals surface area contributed by atoms with Crippen molar-refractivity contribution in [2.75, 3.05) is 47.5 Å². The van der Waals surface area contributed by atoms with Crippen LogP contribution in [-0.2, 0) is 45.5 Å². The molecule has 1 aromatic rings. The maximum Gasteiger partial charge on any atom is 0.306 e. The molecule has 0 bridgehead atoms. The number of carbonyl (C=O) groups excluding carboxylic acids is 2. The molecule has 12 heteroatoms. The van der Waals surface area contributed by atoms with E-state index in [0.717, 1.165) is 101 Å². The fourth-order valence-corrected chi connectivity index (χ4v) is 6.96. The van der Waals surface area contributed by atoms with Crippen molar-refractivity contribution >= 4 is 19.8 Å². The zero-order valence-electron chi connectivity index (χ0n) is 38.5. The van der Waals surface area contributed by atoms with Crippen LogP contribution in [0.4, 0.5) is 0 Å². The van der Waals surface area contributed by atoms with Crippen molar-refractivity contribution in [3.8, 4) is 0 Å². The first kappa shape index (κ1) is 55.2. The van der Waals surface area contributed by atoms with E-state index in [1.54, 1.807) is 0 Å². The number of ether oxygens (including phenoxy) is 2. The van der Waals surface area contributed by atoms with Gasteiger partial charge in [0.05, 0.1) is 33.9 Å². The van der Waals surface area contributed by atoms with Crippen molar-refractivity contribution in [2.45, 2.75) is 175 Å². The van der Waals surface area contributed by atoms with Gasteiger partial charge in [-0.1, -0.05) is 120 Å². The SMILES string of the molecule is CCCCCc1oc(CCCCCCCCC(=O)O[C@H](COC(=O)CCC/C=C\C/C=C\C/C=C\C=C\[C@H](O)CCCCC)COP(=O)([O-])OCC[N+](C)(C)C)c(C)c1C. The van der Waals surface area contributed by atoms with Crippen LogP contribution in [0, 0.1) is 13.8 Å². The highest BCUT2D eigenvalue weighted by Crippen LogP contribution is 2.38. The third-order valence-corrected chi connectivity index (χ3v) is 11.1.